The topological polar surface area (TPSA) is 145 Å². The third-order valence-corrected chi connectivity index (χ3v) is 8.93. The van der Waals surface area contributed by atoms with E-state index < -0.39 is 22.5 Å². The van der Waals surface area contributed by atoms with E-state index in [0.29, 0.717) is 44.3 Å². The molecule has 13 heteroatoms. The fourth-order valence-corrected chi connectivity index (χ4v) is 6.89. The normalized spacial score (nSPS) is 11.6. The molecule has 2 N–H and O–H groups in total. The van der Waals surface area contributed by atoms with Crippen molar-refractivity contribution in [2.24, 2.45) is 0 Å². The lowest BCUT2D eigenvalue weighted by molar-refractivity contribution is 0.484. The molecule has 0 amide bonds. The molecule has 4 aromatic heterocycles. The predicted octanol–water partition coefficient (Wildman–Crippen LogP) is 4.68. The van der Waals surface area contributed by atoms with Crippen molar-refractivity contribution in [2.45, 2.75) is 0 Å². The van der Waals surface area contributed by atoms with E-state index in [0.717, 1.165) is 18.5 Å². The van der Waals surface area contributed by atoms with Crippen LogP contribution >= 0.6 is 22.7 Å². The second kappa shape index (κ2) is 9.44. The molecule has 8 aromatic rings. The number of nitrogens with zero attached hydrogens (tertiary/aromatic N) is 4. The van der Waals surface area contributed by atoms with Crippen molar-refractivity contribution >= 4 is 64.9 Å². The monoisotopic (exact) mass is 604 g/mol. The molecule has 0 fully saturated rings. The molecule has 0 aliphatic heterocycles. The Balaban J connectivity index is 1.13. The molecule has 8 rings (SSSR count). The Hall–Kier alpha value is -5.66. The highest BCUT2D eigenvalue weighted by Gasteiger charge is 2.16. The first-order chi connectivity index (χ1) is 20.9. The number of fused-ring (bicyclic) bond motifs is 4. The lowest BCUT2D eigenvalue weighted by Crippen LogP contribution is -2.33. The number of thiazole rings is 2. The highest BCUT2D eigenvalue weighted by molar-refractivity contribution is 7.21. The first-order valence-electron chi connectivity index (χ1n) is 12.9. The van der Waals surface area contributed by atoms with E-state index in [4.69, 9.17) is 4.74 Å². The van der Waals surface area contributed by atoms with Gasteiger partial charge in [0.05, 0.1) is 42.2 Å². The summed E-state index contributed by atoms with van der Waals surface area (Å²) in [7, 11) is 0. The zero-order valence-electron chi connectivity index (χ0n) is 21.7. The Morgan fingerprint density at radius 2 is 1.02 bits per heavy atom. The van der Waals surface area contributed by atoms with Crippen LogP contribution in [0.15, 0.2) is 104 Å². The van der Waals surface area contributed by atoms with Crippen LogP contribution in [0.1, 0.15) is 0 Å². The van der Waals surface area contributed by atoms with Crippen molar-refractivity contribution in [3.05, 3.63) is 127 Å². The van der Waals surface area contributed by atoms with Gasteiger partial charge in [-0.2, -0.15) is 0 Å². The van der Waals surface area contributed by atoms with Crippen LogP contribution in [0.25, 0.3) is 52.5 Å². The minimum Gasteiger partial charge on any atom is -0.457 e. The number of aromatic nitrogens is 6. The first-order valence-corrected chi connectivity index (χ1v) is 14.5. The summed E-state index contributed by atoms with van der Waals surface area (Å²) in [4.78, 5) is 66.1. The summed E-state index contributed by atoms with van der Waals surface area (Å²) in [6.45, 7) is 0. The highest BCUT2D eigenvalue weighted by atomic mass is 32.1. The maximum Gasteiger partial charge on any atom is 0.335 e. The molecule has 4 aromatic carbocycles. The Labute approximate surface area is 246 Å². The van der Waals surface area contributed by atoms with Gasteiger partial charge >= 0.3 is 11.4 Å². The van der Waals surface area contributed by atoms with Crippen molar-refractivity contribution in [2.75, 3.05) is 0 Å². The number of benzene rings is 4. The van der Waals surface area contributed by atoms with Crippen molar-refractivity contribution in [3.63, 3.8) is 0 Å². The largest absolute Gasteiger partial charge is 0.457 e. The van der Waals surface area contributed by atoms with Gasteiger partial charge in [0.15, 0.2) is 0 Å². The van der Waals surface area contributed by atoms with E-state index in [9.17, 15) is 19.2 Å². The van der Waals surface area contributed by atoms with E-state index in [-0.39, 0.29) is 10.3 Å². The Morgan fingerprint density at radius 3 is 1.49 bits per heavy atom. The van der Waals surface area contributed by atoms with Crippen LogP contribution in [0, 0.1) is 0 Å². The maximum absolute atomic E-state index is 13.1. The third-order valence-electron chi connectivity index (χ3n) is 6.93. The van der Waals surface area contributed by atoms with Gasteiger partial charge in [0.25, 0.3) is 11.1 Å². The standard InChI is InChI=1S/C30H16N6O5S2/c37-25-17-5-1-3-7-19(17)31-27(39)35(25)29-33-21-11-9-15(13-23(21)42-29)41-16-10-12-22-24(14-16)43-30(34-22)36-26(38)18-6-2-4-8-20(18)32-28(36)40/h1-14H,(H,31,39)(H,32,40). The van der Waals surface area contributed by atoms with Gasteiger partial charge in [-0.1, -0.05) is 46.9 Å². The van der Waals surface area contributed by atoms with E-state index in [1.165, 1.54) is 22.7 Å². The summed E-state index contributed by atoms with van der Waals surface area (Å²) in [5.74, 6) is 1.04. The minimum atomic E-state index is -0.565. The zero-order chi connectivity index (χ0) is 29.2. The lowest BCUT2D eigenvalue weighted by Gasteiger charge is -2.05. The Bertz CT molecular complexity index is 2480. The average molecular weight is 605 g/mol. The number of nitrogens with one attached hydrogen (secondary N) is 2. The van der Waals surface area contributed by atoms with Gasteiger partial charge in [-0.25, -0.2) is 28.7 Å². The summed E-state index contributed by atoms with van der Waals surface area (Å²) in [6, 6.07) is 24.2. The van der Waals surface area contributed by atoms with Crippen molar-refractivity contribution in [1.29, 1.82) is 0 Å². The molecule has 43 heavy (non-hydrogen) atoms. The van der Waals surface area contributed by atoms with Crippen LogP contribution in [-0.2, 0) is 0 Å². The summed E-state index contributed by atoms with van der Waals surface area (Å²) in [6.07, 6.45) is 0. The molecular formula is C30H16N6O5S2. The quantitative estimate of drug-likeness (QED) is 0.297. The summed E-state index contributed by atoms with van der Waals surface area (Å²) in [5, 5.41) is 1.28. The SMILES string of the molecule is O=c1[nH]c2ccccc2c(=O)n1-c1nc2ccc(Oc3ccc4nc(-n5c(=O)[nH]c6ccccc6c5=O)sc4c3)cc2s1. The Kier molecular flexibility index (Phi) is 5.51. The molecule has 0 spiro atoms. The molecule has 0 unspecified atom stereocenters. The smallest absolute Gasteiger partial charge is 0.335 e. The number of ether oxygens (including phenoxy) is 1. The molecule has 0 radical (unpaired) electrons. The molecule has 4 heterocycles. The fourth-order valence-electron chi connectivity index (χ4n) is 4.91. The molecule has 0 atom stereocenters. The van der Waals surface area contributed by atoms with Crippen LogP contribution < -0.4 is 27.2 Å². The van der Waals surface area contributed by atoms with E-state index in [1.807, 2.05) is 0 Å². The van der Waals surface area contributed by atoms with Crippen molar-refractivity contribution in [3.8, 4) is 21.8 Å². The number of rotatable bonds is 4. The van der Waals surface area contributed by atoms with Gasteiger partial charge < -0.3 is 14.7 Å². The maximum atomic E-state index is 13.1. The fraction of sp³-hybridized carbons (Fsp3) is 0. The van der Waals surface area contributed by atoms with Gasteiger partial charge in [0, 0.05) is 12.1 Å². The molecule has 0 saturated heterocycles. The molecule has 0 saturated carbocycles. The molecule has 11 nitrogen and oxygen atoms in total. The summed E-state index contributed by atoms with van der Waals surface area (Å²) >= 11 is 2.40. The highest BCUT2D eigenvalue weighted by Crippen LogP contribution is 2.33. The number of aromatic amines is 2. The van der Waals surface area contributed by atoms with Crippen LogP contribution in [0.3, 0.4) is 0 Å². The molecule has 0 aliphatic rings. The number of para-hydroxylation sites is 2. The molecule has 0 aliphatic carbocycles. The van der Waals surface area contributed by atoms with Crippen molar-refractivity contribution < 1.29 is 4.74 Å². The van der Waals surface area contributed by atoms with E-state index in [2.05, 4.69) is 19.9 Å². The molecule has 208 valence electrons. The van der Waals surface area contributed by atoms with Crippen molar-refractivity contribution in [1.82, 2.24) is 29.1 Å². The summed E-state index contributed by atoms with van der Waals surface area (Å²) < 4.78 is 9.64. The van der Waals surface area contributed by atoms with Gasteiger partial charge in [-0.15, -0.1) is 0 Å². The second-order valence-electron chi connectivity index (χ2n) is 9.59. The molecule has 0 bridgehead atoms. The van der Waals surface area contributed by atoms with E-state index in [1.54, 1.807) is 84.9 Å². The van der Waals surface area contributed by atoms with Crippen LogP contribution in [0.2, 0.25) is 0 Å². The first kappa shape index (κ1) is 25.1. The minimum absolute atomic E-state index is 0.252. The number of hydrogen-bond donors (Lipinski definition) is 2. The van der Waals surface area contributed by atoms with Gasteiger partial charge in [0.2, 0.25) is 10.3 Å². The van der Waals surface area contributed by atoms with Crippen LogP contribution in [0.5, 0.6) is 11.5 Å². The number of hydrogen-bond acceptors (Lipinski definition) is 9. The van der Waals surface area contributed by atoms with E-state index >= 15 is 0 Å². The van der Waals surface area contributed by atoms with Gasteiger partial charge in [-0.05, 0) is 48.5 Å². The van der Waals surface area contributed by atoms with Crippen LogP contribution in [0.4, 0.5) is 0 Å². The second-order valence-corrected chi connectivity index (χ2v) is 11.6. The average Bonchev–Trinajstić information content (AvgIpc) is 3.60. The van der Waals surface area contributed by atoms with Crippen LogP contribution in [-0.4, -0.2) is 29.1 Å². The third kappa shape index (κ3) is 4.09. The van der Waals surface area contributed by atoms with Gasteiger partial charge in [0.1, 0.15) is 11.5 Å². The molecular weight excluding hydrogens is 589 g/mol. The Morgan fingerprint density at radius 1 is 0.581 bits per heavy atom. The predicted molar refractivity (Wildman–Crippen MR) is 167 cm³/mol. The summed E-state index contributed by atoms with van der Waals surface area (Å²) in [5.41, 5.74) is 0.133. The zero-order valence-corrected chi connectivity index (χ0v) is 23.4. The number of H-pyrrole nitrogens is 2. The lowest BCUT2D eigenvalue weighted by atomic mass is 10.2. The van der Waals surface area contributed by atoms with Gasteiger partial charge in [-0.3, -0.25) is 9.59 Å².